The fourth-order valence-corrected chi connectivity index (χ4v) is 5.21. The molecule has 0 spiro atoms. The zero-order valence-electron chi connectivity index (χ0n) is 19.7. The van der Waals surface area contributed by atoms with Crippen molar-refractivity contribution in [1.29, 1.82) is 5.26 Å². The number of ether oxygens (including phenoxy) is 1. The van der Waals surface area contributed by atoms with Gasteiger partial charge in [0.25, 0.3) is 0 Å². The Morgan fingerprint density at radius 2 is 1.94 bits per heavy atom. The molecule has 35 heavy (non-hydrogen) atoms. The quantitative estimate of drug-likeness (QED) is 0.370. The molecule has 4 rings (SSSR count). The van der Waals surface area contributed by atoms with E-state index in [1.807, 2.05) is 31.2 Å². The number of fused-ring (bicyclic) bond motifs is 2. The van der Waals surface area contributed by atoms with E-state index in [1.54, 1.807) is 18.2 Å². The van der Waals surface area contributed by atoms with Crippen molar-refractivity contribution >= 4 is 5.57 Å². The Labute approximate surface area is 203 Å². The van der Waals surface area contributed by atoms with Crippen LogP contribution >= 0.6 is 0 Å². The molecule has 0 saturated carbocycles. The monoisotopic (exact) mass is 487 g/mol. The van der Waals surface area contributed by atoms with Crippen molar-refractivity contribution in [3.63, 3.8) is 0 Å². The zero-order valence-corrected chi connectivity index (χ0v) is 19.7. The van der Waals surface area contributed by atoms with E-state index in [2.05, 4.69) is 11.4 Å². The molecular weight excluding hydrogens is 458 g/mol. The molecule has 0 fully saturated rings. The van der Waals surface area contributed by atoms with Gasteiger partial charge in [0, 0.05) is 12.6 Å². The fourth-order valence-electron chi connectivity index (χ4n) is 5.21. The van der Waals surface area contributed by atoms with Gasteiger partial charge in [-0.15, -0.1) is 0 Å². The molecule has 1 heterocycles. The Balaban J connectivity index is 1.70. The van der Waals surface area contributed by atoms with E-state index in [0.29, 0.717) is 43.7 Å². The first kappa shape index (κ1) is 25.2. The van der Waals surface area contributed by atoms with Crippen LogP contribution < -0.4 is 10.1 Å². The molecule has 2 aliphatic rings. The third kappa shape index (κ3) is 5.52. The Hall–Kier alpha value is -2.89. The minimum absolute atomic E-state index is 0.255. The highest BCUT2D eigenvalue weighted by atomic mass is 19.4. The van der Waals surface area contributed by atoms with Gasteiger partial charge in [-0.1, -0.05) is 36.4 Å². The number of halogens is 4. The lowest BCUT2D eigenvalue weighted by atomic mass is 9.83. The number of nitrogens with one attached hydrogen (secondary N) is 1. The standard InChI is InChI=1S/C27H29F4N3O/c1-18-14-22-20-7-3-2-6-19(20)15-23(22)26(34(18)17-27(29,30)31)21-8-4-9-25(24(21)16-32)35-13-12-33-11-5-10-28/h2-4,6-9,18,26,33H,5,10-15,17H2,1H3/t18-,26-/m1/s1. The van der Waals surface area contributed by atoms with E-state index in [1.165, 1.54) is 4.90 Å². The lowest BCUT2D eigenvalue weighted by Crippen LogP contribution is -2.46. The maximum atomic E-state index is 13.7. The summed E-state index contributed by atoms with van der Waals surface area (Å²) in [6.07, 6.45) is -2.87. The van der Waals surface area contributed by atoms with Crippen molar-refractivity contribution in [2.75, 3.05) is 32.9 Å². The first-order valence-electron chi connectivity index (χ1n) is 11.9. The van der Waals surface area contributed by atoms with E-state index < -0.39 is 25.4 Å². The van der Waals surface area contributed by atoms with Gasteiger partial charge in [-0.25, -0.2) is 0 Å². The molecule has 0 saturated heterocycles. The van der Waals surface area contributed by atoms with Crippen LogP contribution in [0, 0.1) is 11.3 Å². The molecule has 2 aromatic rings. The van der Waals surface area contributed by atoms with Crippen LogP contribution in [0.2, 0.25) is 0 Å². The molecule has 1 aliphatic carbocycles. The third-order valence-corrected chi connectivity index (χ3v) is 6.69. The van der Waals surface area contributed by atoms with Crippen molar-refractivity contribution in [3.8, 4) is 11.8 Å². The number of alkyl halides is 4. The molecule has 4 nitrogen and oxygen atoms in total. The van der Waals surface area contributed by atoms with Crippen molar-refractivity contribution < 1.29 is 22.3 Å². The molecule has 0 amide bonds. The third-order valence-electron chi connectivity index (χ3n) is 6.69. The highest BCUT2D eigenvalue weighted by Crippen LogP contribution is 2.50. The lowest BCUT2D eigenvalue weighted by molar-refractivity contribution is -0.155. The molecule has 186 valence electrons. The first-order chi connectivity index (χ1) is 16.8. The van der Waals surface area contributed by atoms with Crippen LogP contribution in [0.4, 0.5) is 17.6 Å². The van der Waals surface area contributed by atoms with Gasteiger partial charge in [-0.05, 0) is 66.6 Å². The van der Waals surface area contributed by atoms with Crippen LogP contribution in [-0.2, 0) is 6.42 Å². The maximum absolute atomic E-state index is 13.7. The summed E-state index contributed by atoms with van der Waals surface area (Å²) in [5.74, 6) is 0.347. The Kier molecular flexibility index (Phi) is 7.78. The number of hydrogen-bond donors (Lipinski definition) is 1. The van der Waals surface area contributed by atoms with Crippen LogP contribution in [0.15, 0.2) is 48.0 Å². The zero-order chi connectivity index (χ0) is 25.0. The highest BCUT2D eigenvalue weighted by molar-refractivity contribution is 5.79. The van der Waals surface area contributed by atoms with Crippen molar-refractivity contribution in [1.82, 2.24) is 10.2 Å². The highest BCUT2D eigenvalue weighted by Gasteiger charge is 2.44. The number of rotatable bonds is 9. The average molecular weight is 488 g/mol. The van der Waals surface area contributed by atoms with E-state index in [9.17, 15) is 22.8 Å². The average Bonchev–Trinajstić information content (AvgIpc) is 3.18. The predicted octanol–water partition coefficient (Wildman–Crippen LogP) is 5.59. The second-order valence-electron chi connectivity index (χ2n) is 9.05. The van der Waals surface area contributed by atoms with E-state index in [0.717, 1.165) is 22.3 Å². The second-order valence-corrected chi connectivity index (χ2v) is 9.05. The van der Waals surface area contributed by atoms with Gasteiger partial charge in [0.05, 0.1) is 24.8 Å². The van der Waals surface area contributed by atoms with Gasteiger partial charge in [-0.3, -0.25) is 9.29 Å². The molecule has 0 aromatic heterocycles. The number of nitrogens with zero attached hydrogens (tertiary/aromatic N) is 2. The second kappa shape index (κ2) is 10.8. The maximum Gasteiger partial charge on any atom is 0.401 e. The van der Waals surface area contributed by atoms with Gasteiger partial charge >= 0.3 is 6.18 Å². The molecule has 0 unspecified atom stereocenters. The molecule has 0 radical (unpaired) electrons. The topological polar surface area (TPSA) is 48.3 Å². The molecule has 1 N–H and O–H groups in total. The fraction of sp³-hybridized carbons (Fsp3) is 0.444. The van der Waals surface area contributed by atoms with Crippen LogP contribution in [0.5, 0.6) is 5.75 Å². The number of hydrogen-bond acceptors (Lipinski definition) is 4. The minimum atomic E-state index is -4.37. The van der Waals surface area contributed by atoms with E-state index >= 15 is 0 Å². The molecule has 2 aromatic carbocycles. The van der Waals surface area contributed by atoms with Crippen LogP contribution in [0.25, 0.3) is 5.57 Å². The summed E-state index contributed by atoms with van der Waals surface area (Å²) in [5, 5.41) is 13.1. The Bertz CT molecular complexity index is 1120. The number of benzene rings is 2. The van der Waals surface area contributed by atoms with Crippen LogP contribution in [-0.4, -0.2) is 50.0 Å². The summed E-state index contributed by atoms with van der Waals surface area (Å²) in [5.41, 5.74) is 5.00. The summed E-state index contributed by atoms with van der Waals surface area (Å²) in [4.78, 5) is 1.48. The van der Waals surface area contributed by atoms with Crippen molar-refractivity contribution in [2.45, 2.75) is 44.4 Å². The largest absolute Gasteiger partial charge is 0.491 e. The smallest absolute Gasteiger partial charge is 0.401 e. The Morgan fingerprint density at radius 1 is 1.14 bits per heavy atom. The number of nitriles is 1. The van der Waals surface area contributed by atoms with Crippen molar-refractivity contribution in [2.24, 2.45) is 0 Å². The summed E-state index contributed by atoms with van der Waals surface area (Å²) < 4.78 is 59.1. The first-order valence-corrected chi connectivity index (χ1v) is 11.9. The Morgan fingerprint density at radius 3 is 2.69 bits per heavy atom. The predicted molar refractivity (Wildman–Crippen MR) is 127 cm³/mol. The molecule has 2 atom stereocenters. The van der Waals surface area contributed by atoms with Gasteiger partial charge in [0.2, 0.25) is 0 Å². The van der Waals surface area contributed by atoms with Gasteiger partial charge in [-0.2, -0.15) is 18.4 Å². The van der Waals surface area contributed by atoms with Gasteiger partial charge in [0.1, 0.15) is 18.4 Å². The van der Waals surface area contributed by atoms with Crippen LogP contribution in [0.3, 0.4) is 0 Å². The van der Waals surface area contributed by atoms with E-state index in [4.69, 9.17) is 4.74 Å². The minimum Gasteiger partial charge on any atom is -0.491 e. The molecule has 8 heteroatoms. The van der Waals surface area contributed by atoms with E-state index in [-0.39, 0.29) is 18.2 Å². The summed E-state index contributed by atoms with van der Waals surface area (Å²) >= 11 is 0. The SMILES string of the molecule is C[C@@H]1CC2=C(Cc3ccccc32)[C@@H](c2cccc(OCCNCCCF)c2C#N)N1CC(F)(F)F. The van der Waals surface area contributed by atoms with Gasteiger partial charge in [0.15, 0.2) is 0 Å². The summed E-state index contributed by atoms with van der Waals surface area (Å²) in [6, 6.07) is 14.2. The molecule has 0 bridgehead atoms. The van der Waals surface area contributed by atoms with Crippen molar-refractivity contribution in [3.05, 3.63) is 70.3 Å². The molecular formula is C27H29F4N3O. The normalized spacial score (nSPS) is 19.9. The van der Waals surface area contributed by atoms with Crippen LogP contribution in [0.1, 0.15) is 48.1 Å². The van der Waals surface area contributed by atoms with Gasteiger partial charge < -0.3 is 10.1 Å². The lowest BCUT2D eigenvalue weighted by Gasteiger charge is -2.43. The summed E-state index contributed by atoms with van der Waals surface area (Å²) in [7, 11) is 0. The summed E-state index contributed by atoms with van der Waals surface area (Å²) in [6.45, 7) is 1.62. The molecule has 1 aliphatic heterocycles.